The van der Waals surface area contributed by atoms with Gasteiger partial charge in [0.25, 0.3) is 0 Å². The van der Waals surface area contributed by atoms with Crippen molar-refractivity contribution in [2.24, 2.45) is 0 Å². The average Bonchev–Trinajstić information content (AvgIpc) is 2.46. The summed E-state index contributed by atoms with van der Waals surface area (Å²) in [7, 11) is 0. The summed E-state index contributed by atoms with van der Waals surface area (Å²) in [6.07, 6.45) is 0. The van der Waals surface area contributed by atoms with Crippen molar-refractivity contribution in [3.63, 3.8) is 0 Å². The fraction of sp³-hybridized carbons (Fsp3) is 0. The quantitative estimate of drug-likeness (QED) is 0.608. The van der Waals surface area contributed by atoms with E-state index < -0.39 is 64.7 Å². The Hall–Kier alpha value is -4.10. The van der Waals surface area contributed by atoms with Gasteiger partial charge >= 0.3 is 22.7 Å². The van der Waals surface area contributed by atoms with Gasteiger partial charge < -0.3 is 10.2 Å². The Morgan fingerprint density at radius 2 is 1.17 bits per heavy atom. The number of hydrogen-bond acceptors (Lipinski definition) is 10. The van der Waals surface area contributed by atoms with E-state index in [1.807, 2.05) is 0 Å². The van der Waals surface area contributed by atoms with Crippen molar-refractivity contribution in [3.05, 3.63) is 52.6 Å². The lowest BCUT2D eigenvalue weighted by Gasteiger charge is -2.06. The van der Waals surface area contributed by atoms with Gasteiger partial charge in [-0.15, -0.1) is 0 Å². The van der Waals surface area contributed by atoms with E-state index in [-0.39, 0.29) is 0 Å². The van der Waals surface area contributed by atoms with Gasteiger partial charge in [-0.1, -0.05) is 0 Å². The van der Waals surface area contributed by atoms with Crippen LogP contribution in [0.1, 0.15) is 0 Å². The monoisotopic (exact) mass is 340 g/mol. The number of nitrogens with zero attached hydrogens (tertiary/aromatic N) is 4. The van der Waals surface area contributed by atoms with Crippen LogP contribution >= 0.6 is 0 Å². The molecule has 0 fully saturated rings. The molecule has 0 atom stereocenters. The molecule has 0 aliphatic carbocycles. The summed E-state index contributed by atoms with van der Waals surface area (Å²) in [5, 5.41) is 61.9. The maximum absolute atomic E-state index is 11.2. The second-order valence-electron chi connectivity index (χ2n) is 4.28. The molecule has 2 rings (SSSR count). The number of nitro groups is 4. The second kappa shape index (κ2) is 5.27. The van der Waals surface area contributed by atoms with E-state index in [1.165, 1.54) is 0 Å². The lowest BCUT2D eigenvalue weighted by atomic mass is 10.0. The summed E-state index contributed by atoms with van der Waals surface area (Å²) in [6.45, 7) is 0. The number of nitro benzene ring substituents is 4. The molecule has 2 N–H and O–H groups in total. The van der Waals surface area contributed by atoms with E-state index >= 15 is 0 Å². The molecule has 0 aromatic heterocycles. The lowest BCUT2D eigenvalue weighted by molar-refractivity contribution is -0.440. The van der Waals surface area contributed by atoms with Gasteiger partial charge in [-0.25, -0.2) is 0 Å². The summed E-state index contributed by atoms with van der Waals surface area (Å²) in [6, 6.07) is 1.34. The molecule has 0 saturated heterocycles. The van der Waals surface area contributed by atoms with Crippen molar-refractivity contribution >= 4 is 33.5 Å². The molecular weight excluding hydrogens is 336 g/mol. The normalized spacial score (nSPS) is 10.5. The lowest BCUT2D eigenvalue weighted by Crippen LogP contribution is -2.03. The highest BCUT2D eigenvalue weighted by Crippen LogP contribution is 2.53. The molecule has 124 valence electrons. The van der Waals surface area contributed by atoms with Crippen LogP contribution in [0.25, 0.3) is 10.8 Å². The fourth-order valence-electron chi connectivity index (χ4n) is 2.16. The molecule has 14 nitrogen and oxygen atoms in total. The minimum Gasteiger partial charge on any atom is -0.501 e. The topological polar surface area (TPSA) is 213 Å². The van der Waals surface area contributed by atoms with Crippen LogP contribution in [-0.4, -0.2) is 29.9 Å². The smallest absolute Gasteiger partial charge is 0.427 e. The Balaban J connectivity index is 3.26. The minimum atomic E-state index is -1.70. The molecule has 0 unspecified atom stereocenters. The first-order valence-electron chi connectivity index (χ1n) is 5.71. The van der Waals surface area contributed by atoms with Crippen molar-refractivity contribution in [1.29, 1.82) is 0 Å². The molecule has 0 amide bonds. The van der Waals surface area contributed by atoms with Crippen LogP contribution < -0.4 is 0 Å². The van der Waals surface area contributed by atoms with Crippen LogP contribution in [0.2, 0.25) is 0 Å². The standard InChI is InChI=1S/C10H4N4O10/c15-9-3-1-2-4(11(17)18)10(16)5(3)6(12(19)20)7(13(21)22)8(9)14(23)24/h1-2,15-16H. The van der Waals surface area contributed by atoms with Crippen molar-refractivity contribution in [1.82, 2.24) is 0 Å². The number of fused-ring (bicyclic) bond motifs is 1. The third-order valence-electron chi connectivity index (χ3n) is 3.07. The highest BCUT2D eigenvalue weighted by molar-refractivity contribution is 6.08. The van der Waals surface area contributed by atoms with Gasteiger partial charge in [0.1, 0.15) is 5.39 Å². The van der Waals surface area contributed by atoms with Gasteiger partial charge in [-0.05, 0) is 6.07 Å². The van der Waals surface area contributed by atoms with Crippen LogP contribution in [0, 0.1) is 40.5 Å². The molecule has 14 heteroatoms. The van der Waals surface area contributed by atoms with Gasteiger partial charge in [0, 0.05) is 11.5 Å². The van der Waals surface area contributed by atoms with E-state index in [4.69, 9.17) is 0 Å². The van der Waals surface area contributed by atoms with Gasteiger partial charge in [0.2, 0.25) is 11.5 Å². The Morgan fingerprint density at radius 1 is 0.667 bits per heavy atom. The number of aromatic hydroxyl groups is 2. The van der Waals surface area contributed by atoms with Gasteiger partial charge in [0.15, 0.2) is 0 Å². The van der Waals surface area contributed by atoms with Crippen LogP contribution in [0.15, 0.2) is 12.1 Å². The Labute approximate surface area is 128 Å². The van der Waals surface area contributed by atoms with Crippen LogP contribution in [0.3, 0.4) is 0 Å². The highest BCUT2D eigenvalue weighted by atomic mass is 16.7. The van der Waals surface area contributed by atoms with E-state index in [9.17, 15) is 50.7 Å². The zero-order valence-electron chi connectivity index (χ0n) is 11.1. The van der Waals surface area contributed by atoms with Gasteiger partial charge in [-0.2, -0.15) is 0 Å². The molecular formula is C10H4N4O10. The predicted octanol–water partition coefficient (Wildman–Crippen LogP) is 1.88. The zero-order valence-corrected chi connectivity index (χ0v) is 11.1. The molecule has 0 saturated carbocycles. The second-order valence-corrected chi connectivity index (χ2v) is 4.28. The molecule has 0 aliphatic heterocycles. The molecule has 0 radical (unpaired) electrons. The molecule has 24 heavy (non-hydrogen) atoms. The van der Waals surface area contributed by atoms with Crippen molar-refractivity contribution in [3.8, 4) is 11.5 Å². The SMILES string of the molecule is O=[N+]([O-])c1ccc2c(O)c([N+](=O)[O-])c([N+](=O)[O-])c([N+](=O)[O-])c2c1O. The Kier molecular flexibility index (Phi) is 3.57. The third kappa shape index (κ3) is 2.14. The van der Waals surface area contributed by atoms with Gasteiger partial charge in [0.05, 0.1) is 19.7 Å². The van der Waals surface area contributed by atoms with E-state index in [0.717, 1.165) is 0 Å². The molecule has 0 aliphatic rings. The fourth-order valence-corrected chi connectivity index (χ4v) is 2.16. The molecule has 0 spiro atoms. The summed E-state index contributed by atoms with van der Waals surface area (Å²) in [5.74, 6) is -2.67. The number of benzene rings is 2. The van der Waals surface area contributed by atoms with E-state index in [0.29, 0.717) is 12.1 Å². The van der Waals surface area contributed by atoms with Crippen molar-refractivity contribution in [2.75, 3.05) is 0 Å². The Bertz CT molecular complexity index is 953. The maximum atomic E-state index is 11.2. The first-order valence-corrected chi connectivity index (χ1v) is 5.71. The summed E-state index contributed by atoms with van der Waals surface area (Å²) in [5.41, 5.74) is -5.84. The largest absolute Gasteiger partial charge is 0.501 e. The van der Waals surface area contributed by atoms with E-state index in [1.54, 1.807) is 0 Å². The third-order valence-corrected chi connectivity index (χ3v) is 3.07. The average molecular weight is 340 g/mol. The molecule has 2 aromatic carbocycles. The Morgan fingerprint density at radius 3 is 1.58 bits per heavy atom. The summed E-state index contributed by atoms with van der Waals surface area (Å²) >= 11 is 0. The maximum Gasteiger partial charge on any atom is 0.427 e. The first-order chi connectivity index (χ1) is 11.1. The van der Waals surface area contributed by atoms with Crippen LogP contribution in [0.5, 0.6) is 11.5 Å². The summed E-state index contributed by atoms with van der Waals surface area (Å²) < 4.78 is 0. The van der Waals surface area contributed by atoms with Gasteiger partial charge in [-0.3, -0.25) is 40.5 Å². The highest BCUT2D eigenvalue weighted by Gasteiger charge is 2.44. The van der Waals surface area contributed by atoms with Crippen molar-refractivity contribution in [2.45, 2.75) is 0 Å². The number of hydrogen-bond donors (Lipinski definition) is 2. The zero-order chi connectivity index (χ0) is 18.3. The minimum absolute atomic E-state index is 0.636. The van der Waals surface area contributed by atoms with Crippen molar-refractivity contribution < 1.29 is 29.9 Å². The van der Waals surface area contributed by atoms with Crippen LogP contribution in [0.4, 0.5) is 22.7 Å². The number of phenols is 2. The molecule has 2 aromatic rings. The number of phenolic OH excluding ortho intramolecular Hbond substituents is 2. The predicted molar refractivity (Wildman–Crippen MR) is 73.9 cm³/mol. The summed E-state index contributed by atoms with van der Waals surface area (Å²) in [4.78, 5) is 38.6. The number of rotatable bonds is 4. The first kappa shape index (κ1) is 16.3. The van der Waals surface area contributed by atoms with E-state index in [2.05, 4.69) is 0 Å². The molecule has 0 bridgehead atoms. The molecule has 0 heterocycles. The van der Waals surface area contributed by atoms with Crippen LogP contribution in [-0.2, 0) is 0 Å².